The zero-order valence-corrected chi connectivity index (χ0v) is 13.4. The molecule has 0 aromatic rings. The van der Waals surface area contributed by atoms with Gasteiger partial charge in [-0.3, -0.25) is 4.99 Å². The summed E-state index contributed by atoms with van der Waals surface area (Å²) in [6.45, 7) is 6.84. The molecular formula is C12H26N4O3S. The fourth-order valence-electron chi connectivity index (χ4n) is 2.06. The normalized spacial score (nSPS) is 20.9. The average molecular weight is 306 g/mol. The maximum Gasteiger partial charge on any atom is 0.214 e. The lowest BCUT2D eigenvalue weighted by Crippen LogP contribution is -2.44. The van der Waals surface area contributed by atoms with E-state index < -0.39 is 10.0 Å². The number of rotatable bonds is 7. The van der Waals surface area contributed by atoms with Crippen LogP contribution in [0.2, 0.25) is 0 Å². The van der Waals surface area contributed by atoms with E-state index in [2.05, 4.69) is 15.6 Å². The highest BCUT2D eigenvalue weighted by Gasteiger charge is 2.27. The van der Waals surface area contributed by atoms with Crippen LogP contribution in [0, 0.1) is 0 Å². The minimum Gasteiger partial charge on any atom is -0.383 e. The number of methoxy groups -OCH3 is 1. The van der Waals surface area contributed by atoms with Crippen LogP contribution < -0.4 is 10.6 Å². The molecule has 20 heavy (non-hydrogen) atoms. The van der Waals surface area contributed by atoms with Crippen LogP contribution in [-0.4, -0.2) is 70.4 Å². The number of sulfonamides is 1. The van der Waals surface area contributed by atoms with Gasteiger partial charge in [-0.2, -0.15) is 0 Å². The molecule has 0 radical (unpaired) electrons. The van der Waals surface area contributed by atoms with Crippen molar-refractivity contribution < 1.29 is 13.2 Å². The number of ether oxygens (including phenoxy) is 1. The molecule has 1 saturated heterocycles. The van der Waals surface area contributed by atoms with Gasteiger partial charge in [0.1, 0.15) is 0 Å². The minimum atomic E-state index is -3.03. The molecule has 0 aliphatic carbocycles. The molecule has 1 fully saturated rings. The smallest absolute Gasteiger partial charge is 0.214 e. The molecule has 1 heterocycles. The fraction of sp³-hybridized carbons (Fsp3) is 0.917. The number of guanidine groups is 1. The second-order valence-electron chi connectivity index (χ2n) is 4.83. The van der Waals surface area contributed by atoms with Gasteiger partial charge in [0.2, 0.25) is 10.0 Å². The molecule has 0 bridgehead atoms. The van der Waals surface area contributed by atoms with E-state index in [0.717, 1.165) is 13.0 Å². The lowest BCUT2D eigenvalue weighted by molar-refractivity contribution is 0.179. The molecule has 0 aromatic carbocycles. The molecule has 8 heteroatoms. The quantitative estimate of drug-likeness (QED) is 0.494. The van der Waals surface area contributed by atoms with Crippen molar-refractivity contribution in [1.29, 1.82) is 0 Å². The van der Waals surface area contributed by atoms with Gasteiger partial charge in [0.05, 0.1) is 18.9 Å². The third kappa shape index (κ3) is 5.64. The summed E-state index contributed by atoms with van der Waals surface area (Å²) in [4.78, 5) is 4.40. The second kappa shape index (κ2) is 8.43. The highest BCUT2D eigenvalue weighted by atomic mass is 32.2. The van der Waals surface area contributed by atoms with Gasteiger partial charge in [0.25, 0.3) is 0 Å². The molecule has 0 spiro atoms. The molecule has 0 saturated carbocycles. The van der Waals surface area contributed by atoms with Crippen LogP contribution in [0.4, 0.5) is 0 Å². The first-order valence-corrected chi connectivity index (χ1v) is 8.62. The lowest BCUT2D eigenvalue weighted by atomic mass is 10.4. The van der Waals surface area contributed by atoms with Gasteiger partial charge in [-0.1, -0.05) is 0 Å². The SMILES string of the molecule is CCNC(=NCCN1CCCS1(=O)=O)NC(C)COC. The molecule has 1 unspecified atom stereocenters. The lowest BCUT2D eigenvalue weighted by Gasteiger charge is -2.18. The van der Waals surface area contributed by atoms with Crippen molar-refractivity contribution in [2.45, 2.75) is 26.3 Å². The van der Waals surface area contributed by atoms with E-state index in [1.54, 1.807) is 7.11 Å². The summed E-state index contributed by atoms with van der Waals surface area (Å²) in [5, 5.41) is 6.34. The topological polar surface area (TPSA) is 83.0 Å². The monoisotopic (exact) mass is 306 g/mol. The average Bonchev–Trinajstić information content (AvgIpc) is 2.69. The Kier molecular flexibility index (Phi) is 7.25. The van der Waals surface area contributed by atoms with Crippen molar-refractivity contribution in [2.24, 2.45) is 4.99 Å². The van der Waals surface area contributed by atoms with Crippen molar-refractivity contribution in [3.05, 3.63) is 0 Å². The zero-order valence-electron chi connectivity index (χ0n) is 12.6. The summed E-state index contributed by atoms with van der Waals surface area (Å²) >= 11 is 0. The summed E-state index contributed by atoms with van der Waals surface area (Å²) in [6, 6.07) is 0.147. The van der Waals surface area contributed by atoms with Gasteiger partial charge < -0.3 is 15.4 Å². The predicted octanol–water partition coefficient (Wildman–Crippen LogP) is -0.388. The number of hydrogen-bond acceptors (Lipinski definition) is 4. The first-order chi connectivity index (χ1) is 9.49. The Hall–Kier alpha value is -0.860. The van der Waals surface area contributed by atoms with Crippen LogP contribution >= 0.6 is 0 Å². The summed E-state index contributed by atoms with van der Waals surface area (Å²) in [7, 11) is -1.37. The Morgan fingerprint density at radius 2 is 2.25 bits per heavy atom. The van der Waals surface area contributed by atoms with E-state index in [9.17, 15) is 8.42 Å². The van der Waals surface area contributed by atoms with Crippen LogP contribution in [0.1, 0.15) is 20.3 Å². The molecule has 1 aliphatic heterocycles. The van der Waals surface area contributed by atoms with Crippen molar-refractivity contribution in [1.82, 2.24) is 14.9 Å². The first-order valence-electron chi connectivity index (χ1n) is 7.01. The molecule has 1 atom stereocenters. The Balaban J connectivity index is 2.46. The summed E-state index contributed by atoms with van der Waals surface area (Å²) in [5.41, 5.74) is 0. The van der Waals surface area contributed by atoms with Gasteiger partial charge in [0.15, 0.2) is 5.96 Å². The first kappa shape index (κ1) is 17.2. The third-order valence-electron chi connectivity index (χ3n) is 2.97. The molecule has 0 amide bonds. The van der Waals surface area contributed by atoms with Crippen LogP contribution in [0.5, 0.6) is 0 Å². The van der Waals surface area contributed by atoms with Gasteiger partial charge in [-0.15, -0.1) is 0 Å². The van der Waals surface area contributed by atoms with Crippen LogP contribution in [0.25, 0.3) is 0 Å². The standard InChI is InChI=1S/C12H26N4O3S/c1-4-13-12(15-11(2)10-19-3)14-6-8-16-7-5-9-20(16,17)18/h11H,4-10H2,1-3H3,(H2,13,14,15). The van der Waals surface area contributed by atoms with E-state index >= 15 is 0 Å². The Bertz CT molecular complexity index is 411. The highest BCUT2D eigenvalue weighted by molar-refractivity contribution is 7.89. The van der Waals surface area contributed by atoms with Crippen LogP contribution in [0.3, 0.4) is 0 Å². The molecule has 0 aromatic heterocycles. The fourth-order valence-corrected chi connectivity index (χ4v) is 3.58. The predicted molar refractivity (Wildman–Crippen MR) is 80.4 cm³/mol. The van der Waals surface area contributed by atoms with E-state index in [1.165, 1.54) is 4.31 Å². The Labute approximate surface area is 121 Å². The third-order valence-corrected chi connectivity index (χ3v) is 4.92. The van der Waals surface area contributed by atoms with Gasteiger partial charge in [-0.25, -0.2) is 12.7 Å². The van der Waals surface area contributed by atoms with Gasteiger partial charge >= 0.3 is 0 Å². The minimum absolute atomic E-state index is 0.147. The van der Waals surface area contributed by atoms with Crippen molar-refractivity contribution in [3.8, 4) is 0 Å². The number of nitrogens with one attached hydrogen (secondary N) is 2. The second-order valence-corrected chi connectivity index (χ2v) is 6.92. The van der Waals surface area contributed by atoms with Crippen molar-refractivity contribution in [2.75, 3.05) is 45.6 Å². The molecular weight excluding hydrogens is 280 g/mol. The van der Waals surface area contributed by atoms with E-state index in [-0.39, 0.29) is 11.8 Å². The molecule has 2 N–H and O–H groups in total. The summed E-state index contributed by atoms with van der Waals surface area (Å²) < 4.78 is 29.9. The van der Waals surface area contributed by atoms with E-state index in [1.807, 2.05) is 13.8 Å². The summed E-state index contributed by atoms with van der Waals surface area (Å²) in [5.74, 6) is 0.952. The molecule has 1 rings (SSSR count). The van der Waals surface area contributed by atoms with Gasteiger partial charge in [-0.05, 0) is 20.3 Å². The largest absolute Gasteiger partial charge is 0.383 e. The Morgan fingerprint density at radius 3 is 2.80 bits per heavy atom. The van der Waals surface area contributed by atoms with E-state index in [0.29, 0.717) is 32.2 Å². The summed E-state index contributed by atoms with van der Waals surface area (Å²) in [6.07, 6.45) is 0.717. The van der Waals surface area contributed by atoms with E-state index in [4.69, 9.17) is 4.74 Å². The van der Waals surface area contributed by atoms with Crippen LogP contribution in [-0.2, 0) is 14.8 Å². The van der Waals surface area contributed by atoms with Gasteiger partial charge in [0, 0.05) is 32.8 Å². The zero-order chi connectivity index (χ0) is 15.0. The molecule has 1 aliphatic rings. The highest BCUT2D eigenvalue weighted by Crippen LogP contribution is 2.12. The van der Waals surface area contributed by atoms with Crippen LogP contribution in [0.15, 0.2) is 4.99 Å². The molecule has 7 nitrogen and oxygen atoms in total. The Morgan fingerprint density at radius 1 is 1.50 bits per heavy atom. The number of hydrogen-bond donors (Lipinski definition) is 2. The number of aliphatic imine (C=N–C) groups is 1. The number of nitrogens with zero attached hydrogens (tertiary/aromatic N) is 2. The molecule has 118 valence electrons. The van der Waals surface area contributed by atoms with Crippen molar-refractivity contribution >= 4 is 16.0 Å². The maximum atomic E-state index is 11.7. The maximum absolute atomic E-state index is 11.7. The van der Waals surface area contributed by atoms with Crippen molar-refractivity contribution in [3.63, 3.8) is 0 Å².